The molecule has 0 aliphatic heterocycles. The number of hydrogen-bond donors (Lipinski definition) is 2. The third kappa shape index (κ3) is 5.71. The molecule has 0 radical (unpaired) electrons. The van der Waals surface area contributed by atoms with E-state index in [1.165, 1.54) is 23.6 Å². The predicted octanol–water partition coefficient (Wildman–Crippen LogP) is 5.26. The van der Waals surface area contributed by atoms with E-state index in [9.17, 15) is 4.79 Å². The first-order chi connectivity index (χ1) is 11.9. The highest BCUT2D eigenvalue weighted by molar-refractivity contribution is 5.88. The van der Waals surface area contributed by atoms with Crippen molar-refractivity contribution in [3.63, 3.8) is 0 Å². The van der Waals surface area contributed by atoms with Crippen LogP contribution in [0.15, 0.2) is 48.5 Å². The van der Waals surface area contributed by atoms with Crippen molar-refractivity contribution in [3.8, 4) is 0 Å². The summed E-state index contributed by atoms with van der Waals surface area (Å²) < 4.78 is 0. The summed E-state index contributed by atoms with van der Waals surface area (Å²) in [6.07, 6.45) is 0. The van der Waals surface area contributed by atoms with Crippen LogP contribution in [-0.2, 0) is 11.3 Å². The molecule has 0 spiro atoms. The lowest BCUT2D eigenvalue weighted by Crippen LogP contribution is -2.25. The molecule has 1 amide bonds. The van der Waals surface area contributed by atoms with Crippen molar-refractivity contribution < 1.29 is 4.79 Å². The van der Waals surface area contributed by atoms with E-state index in [1.807, 2.05) is 12.1 Å². The molecule has 3 heteroatoms. The van der Waals surface area contributed by atoms with E-state index in [4.69, 9.17) is 0 Å². The zero-order valence-electron chi connectivity index (χ0n) is 16.0. The summed E-state index contributed by atoms with van der Waals surface area (Å²) in [4.78, 5) is 11.1. The maximum absolute atomic E-state index is 11.1. The van der Waals surface area contributed by atoms with Gasteiger partial charge < -0.3 is 10.6 Å². The maximum Gasteiger partial charge on any atom is 0.221 e. The average molecular weight is 338 g/mol. The van der Waals surface area contributed by atoms with Crippen LogP contribution in [-0.4, -0.2) is 5.91 Å². The minimum atomic E-state index is -0.0457. The summed E-state index contributed by atoms with van der Waals surface area (Å²) in [5.74, 6) is 1.01. The average Bonchev–Trinajstić information content (AvgIpc) is 2.56. The second kappa shape index (κ2) is 8.82. The van der Waals surface area contributed by atoms with Crippen LogP contribution in [0.3, 0.4) is 0 Å². The van der Waals surface area contributed by atoms with Crippen molar-refractivity contribution in [3.05, 3.63) is 65.2 Å². The van der Waals surface area contributed by atoms with Crippen molar-refractivity contribution in [2.24, 2.45) is 5.92 Å². The van der Waals surface area contributed by atoms with Crippen LogP contribution < -0.4 is 10.6 Å². The standard InChI is InChI=1S/C22H30N2O/c1-15(2)19-8-10-20(11-9-19)22(16(3)4)23-14-18-6-12-21(13-7-18)24-17(5)25/h6-13,15-16,22-23H,14H2,1-5H3,(H,24,25)/t22-/m1/s1. The molecule has 0 heterocycles. The van der Waals surface area contributed by atoms with Crippen LogP contribution >= 0.6 is 0 Å². The van der Waals surface area contributed by atoms with Gasteiger partial charge in [-0.2, -0.15) is 0 Å². The molecule has 0 saturated carbocycles. The smallest absolute Gasteiger partial charge is 0.221 e. The fourth-order valence-corrected chi connectivity index (χ4v) is 2.96. The van der Waals surface area contributed by atoms with Gasteiger partial charge in [0.05, 0.1) is 0 Å². The molecule has 0 bridgehead atoms. The van der Waals surface area contributed by atoms with Gasteiger partial charge in [-0.25, -0.2) is 0 Å². The second-order valence-corrected chi connectivity index (χ2v) is 7.30. The van der Waals surface area contributed by atoms with Gasteiger partial charge in [-0.15, -0.1) is 0 Å². The third-order valence-corrected chi connectivity index (χ3v) is 4.43. The Morgan fingerprint density at radius 1 is 0.880 bits per heavy atom. The molecule has 0 aliphatic rings. The van der Waals surface area contributed by atoms with Crippen molar-refractivity contribution in [1.82, 2.24) is 5.32 Å². The van der Waals surface area contributed by atoms with Crippen molar-refractivity contribution in [1.29, 1.82) is 0 Å². The number of hydrogen-bond acceptors (Lipinski definition) is 2. The predicted molar refractivity (Wildman–Crippen MR) is 106 cm³/mol. The summed E-state index contributed by atoms with van der Waals surface area (Å²) in [6.45, 7) is 11.2. The molecule has 2 rings (SSSR count). The maximum atomic E-state index is 11.1. The number of rotatable bonds is 7. The van der Waals surface area contributed by atoms with E-state index >= 15 is 0 Å². The Bertz CT molecular complexity index is 672. The van der Waals surface area contributed by atoms with Gasteiger partial charge in [0.1, 0.15) is 0 Å². The summed E-state index contributed by atoms with van der Waals surface area (Å²) in [5.41, 5.74) is 4.74. The fourth-order valence-electron chi connectivity index (χ4n) is 2.96. The molecule has 134 valence electrons. The van der Waals surface area contributed by atoms with E-state index in [1.54, 1.807) is 0 Å². The number of amides is 1. The number of carbonyl (C=O) groups is 1. The highest BCUT2D eigenvalue weighted by atomic mass is 16.1. The first kappa shape index (κ1) is 19.2. The molecule has 2 aromatic rings. The molecule has 0 saturated heterocycles. The molecule has 2 N–H and O–H groups in total. The molecule has 25 heavy (non-hydrogen) atoms. The van der Waals surface area contributed by atoms with Crippen LogP contribution in [0.1, 0.15) is 63.3 Å². The van der Waals surface area contributed by atoms with Crippen molar-refractivity contribution in [2.75, 3.05) is 5.32 Å². The lowest BCUT2D eigenvalue weighted by atomic mass is 9.93. The van der Waals surface area contributed by atoms with Gasteiger partial charge in [0.25, 0.3) is 0 Å². The Morgan fingerprint density at radius 2 is 1.44 bits per heavy atom. The molecular formula is C22H30N2O. The Morgan fingerprint density at radius 3 is 1.92 bits per heavy atom. The highest BCUT2D eigenvalue weighted by Gasteiger charge is 2.15. The molecule has 0 aromatic heterocycles. The molecular weight excluding hydrogens is 308 g/mol. The van der Waals surface area contributed by atoms with Crippen molar-refractivity contribution >= 4 is 11.6 Å². The van der Waals surface area contributed by atoms with Crippen LogP contribution in [0.5, 0.6) is 0 Å². The third-order valence-electron chi connectivity index (χ3n) is 4.43. The molecule has 3 nitrogen and oxygen atoms in total. The van der Waals surface area contributed by atoms with Crippen LogP contribution in [0.2, 0.25) is 0 Å². The summed E-state index contributed by atoms with van der Waals surface area (Å²) in [6, 6.07) is 17.3. The van der Waals surface area contributed by atoms with Crippen LogP contribution in [0.4, 0.5) is 5.69 Å². The summed E-state index contributed by atoms with van der Waals surface area (Å²) in [7, 11) is 0. The highest BCUT2D eigenvalue weighted by Crippen LogP contribution is 2.24. The Hall–Kier alpha value is -2.13. The van der Waals surface area contributed by atoms with Gasteiger partial charge in [0.15, 0.2) is 0 Å². The molecule has 0 fully saturated rings. The zero-order valence-corrected chi connectivity index (χ0v) is 16.0. The van der Waals surface area contributed by atoms with E-state index < -0.39 is 0 Å². The van der Waals surface area contributed by atoms with Gasteiger partial charge in [-0.3, -0.25) is 4.79 Å². The van der Waals surface area contributed by atoms with E-state index in [-0.39, 0.29) is 5.91 Å². The molecule has 0 unspecified atom stereocenters. The first-order valence-corrected chi connectivity index (χ1v) is 9.06. The van der Waals surface area contributed by atoms with E-state index in [0.717, 1.165) is 12.2 Å². The van der Waals surface area contributed by atoms with Gasteiger partial charge in [0, 0.05) is 25.2 Å². The minimum Gasteiger partial charge on any atom is -0.326 e. The molecule has 1 atom stereocenters. The minimum absolute atomic E-state index is 0.0457. The Labute approximate surface area is 151 Å². The van der Waals surface area contributed by atoms with Crippen LogP contribution in [0.25, 0.3) is 0 Å². The number of nitrogens with one attached hydrogen (secondary N) is 2. The van der Waals surface area contributed by atoms with Gasteiger partial charge in [-0.1, -0.05) is 64.1 Å². The topological polar surface area (TPSA) is 41.1 Å². The van der Waals surface area contributed by atoms with Gasteiger partial charge >= 0.3 is 0 Å². The van der Waals surface area contributed by atoms with E-state index in [0.29, 0.717) is 17.9 Å². The van der Waals surface area contributed by atoms with Gasteiger partial charge in [0.2, 0.25) is 5.91 Å². The zero-order chi connectivity index (χ0) is 18.4. The number of carbonyl (C=O) groups excluding carboxylic acids is 1. The molecule has 0 aliphatic carbocycles. The SMILES string of the molecule is CC(=O)Nc1ccc(CN[C@@H](c2ccc(C(C)C)cc2)C(C)C)cc1. The Kier molecular flexibility index (Phi) is 6.77. The summed E-state index contributed by atoms with van der Waals surface area (Å²) in [5, 5.41) is 6.47. The van der Waals surface area contributed by atoms with Crippen LogP contribution in [0, 0.1) is 5.92 Å². The number of benzene rings is 2. The Balaban J connectivity index is 2.03. The lowest BCUT2D eigenvalue weighted by Gasteiger charge is -2.24. The second-order valence-electron chi connectivity index (χ2n) is 7.30. The van der Waals surface area contributed by atoms with Crippen molar-refractivity contribution in [2.45, 2.75) is 53.1 Å². The van der Waals surface area contributed by atoms with E-state index in [2.05, 4.69) is 74.7 Å². The first-order valence-electron chi connectivity index (χ1n) is 9.06. The largest absolute Gasteiger partial charge is 0.326 e. The van der Waals surface area contributed by atoms with Gasteiger partial charge in [-0.05, 0) is 40.7 Å². The monoisotopic (exact) mass is 338 g/mol. The number of anilines is 1. The fraction of sp³-hybridized carbons (Fsp3) is 0.409. The normalized spacial score (nSPS) is 12.4. The lowest BCUT2D eigenvalue weighted by molar-refractivity contribution is -0.114. The summed E-state index contributed by atoms with van der Waals surface area (Å²) >= 11 is 0. The molecule has 2 aromatic carbocycles. The quantitative estimate of drug-likeness (QED) is 0.723.